The number of aromatic nitrogens is 4. The van der Waals surface area contributed by atoms with Gasteiger partial charge in [-0.15, -0.1) is 0 Å². The highest BCUT2D eigenvalue weighted by Gasteiger charge is 2.36. The molecule has 1 aromatic carbocycles. The van der Waals surface area contributed by atoms with E-state index in [2.05, 4.69) is 36.8 Å². The van der Waals surface area contributed by atoms with Crippen molar-refractivity contribution in [2.24, 2.45) is 0 Å². The van der Waals surface area contributed by atoms with Gasteiger partial charge in [-0.25, -0.2) is 4.79 Å². The van der Waals surface area contributed by atoms with Gasteiger partial charge in [0.2, 0.25) is 5.95 Å². The summed E-state index contributed by atoms with van der Waals surface area (Å²) in [6, 6.07) is 7.35. The Labute approximate surface area is 159 Å². The maximum Gasteiger partial charge on any atom is 0.338 e. The molecule has 2 aliphatic rings. The van der Waals surface area contributed by atoms with Gasteiger partial charge in [0.05, 0.1) is 5.57 Å². The van der Waals surface area contributed by atoms with Gasteiger partial charge in [-0.2, -0.15) is 4.68 Å². The zero-order valence-corrected chi connectivity index (χ0v) is 16.1. The molecule has 4 rings (SSSR count). The van der Waals surface area contributed by atoms with E-state index in [1.165, 1.54) is 6.42 Å². The van der Waals surface area contributed by atoms with E-state index in [0.29, 0.717) is 17.2 Å². The van der Waals surface area contributed by atoms with E-state index in [4.69, 9.17) is 4.74 Å². The first-order valence-corrected chi connectivity index (χ1v) is 9.65. The van der Waals surface area contributed by atoms with Gasteiger partial charge in [-0.1, -0.05) is 45.6 Å². The lowest BCUT2D eigenvalue weighted by Crippen LogP contribution is -2.32. The molecule has 2 heterocycles. The Bertz CT molecular complexity index is 857. The number of hydrogen-bond donors (Lipinski definition) is 1. The Balaban J connectivity index is 1.72. The minimum Gasteiger partial charge on any atom is -0.459 e. The molecule has 136 valence electrons. The third kappa shape index (κ3) is 3.13. The Morgan fingerprint density at radius 3 is 2.81 bits per heavy atom. The number of ether oxygens (including phenoxy) is 1. The largest absolute Gasteiger partial charge is 0.459 e. The molecule has 0 saturated heterocycles. The molecule has 26 heavy (non-hydrogen) atoms. The number of anilines is 1. The highest BCUT2D eigenvalue weighted by molar-refractivity contribution is 9.10. The van der Waals surface area contributed by atoms with Crippen molar-refractivity contribution in [3.8, 4) is 0 Å². The first-order chi connectivity index (χ1) is 12.6. The topological polar surface area (TPSA) is 81.9 Å². The highest BCUT2D eigenvalue weighted by atomic mass is 79.9. The molecule has 1 aromatic heterocycles. The van der Waals surface area contributed by atoms with Gasteiger partial charge in [0, 0.05) is 10.2 Å². The summed E-state index contributed by atoms with van der Waals surface area (Å²) < 4.78 is 8.37. The maximum atomic E-state index is 13.1. The predicted molar refractivity (Wildman–Crippen MR) is 99.4 cm³/mol. The van der Waals surface area contributed by atoms with E-state index >= 15 is 0 Å². The summed E-state index contributed by atoms with van der Waals surface area (Å²) in [7, 11) is 0. The molecule has 1 atom stereocenters. The molecule has 8 heteroatoms. The number of tetrazole rings is 1. The molecule has 1 aliphatic heterocycles. The Kier molecular flexibility index (Phi) is 4.76. The van der Waals surface area contributed by atoms with Crippen LogP contribution >= 0.6 is 15.9 Å². The smallest absolute Gasteiger partial charge is 0.338 e. The van der Waals surface area contributed by atoms with Gasteiger partial charge in [-0.05, 0) is 54.7 Å². The van der Waals surface area contributed by atoms with Crippen LogP contribution in [0.25, 0.3) is 0 Å². The number of carbonyl (C=O) groups is 1. The standard InChI is InChI=1S/C18H20BrN5O2/c1-11-15(17(25)26-12-7-3-2-4-8-12)16(13-9-5-6-10-14(13)19)24-18(20-11)21-22-23-24/h5-6,9-10,12,16H,2-4,7-8H2,1H3,(H,20,21,23). The van der Waals surface area contributed by atoms with E-state index in [1.807, 2.05) is 31.2 Å². The van der Waals surface area contributed by atoms with E-state index in [9.17, 15) is 4.79 Å². The molecule has 0 spiro atoms. The number of hydrogen-bond acceptors (Lipinski definition) is 6. The number of nitrogens with one attached hydrogen (secondary N) is 1. The van der Waals surface area contributed by atoms with Crippen molar-refractivity contribution in [3.05, 3.63) is 45.6 Å². The van der Waals surface area contributed by atoms with Gasteiger partial charge >= 0.3 is 5.97 Å². The Morgan fingerprint density at radius 2 is 2.04 bits per heavy atom. The van der Waals surface area contributed by atoms with Crippen LogP contribution in [-0.2, 0) is 9.53 Å². The minimum absolute atomic E-state index is 0.00770. The molecule has 0 radical (unpaired) electrons. The summed E-state index contributed by atoms with van der Waals surface area (Å²) >= 11 is 3.59. The molecule has 1 aliphatic carbocycles. The second-order valence-corrected chi connectivity index (χ2v) is 7.55. The van der Waals surface area contributed by atoms with Crippen LogP contribution in [0.4, 0.5) is 5.95 Å². The second kappa shape index (κ2) is 7.19. The number of benzene rings is 1. The molecule has 1 N–H and O–H groups in total. The molecular weight excluding hydrogens is 398 g/mol. The van der Waals surface area contributed by atoms with E-state index < -0.39 is 6.04 Å². The van der Waals surface area contributed by atoms with Crippen LogP contribution in [0.2, 0.25) is 0 Å². The molecule has 1 saturated carbocycles. The molecular formula is C18H20BrN5O2. The van der Waals surface area contributed by atoms with Crippen molar-refractivity contribution >= 4 is 27.8 Å². The van der Waals surface area contributed by atoms with E-state index in [1.54, 1.807) is 4.68 Å². The van der Waals surface area contributed by atoms with Gasteiger partial charge < -0.3 is 10.1 Å². The summed E-state index contributed by atoms with van der Waals surface area (Å²) in [5.74, 6) is 0.210. The van der Waals surface area contributed by atoms with Crippen LogP contribution in [0.3, 0.4) is 0 Å². The molecule has 0 amide bonds. The lowest BCUT2D eigenvalue weighted by Gasteiger charge is -2.30. The van der Waals surface area contributed by atoms with Crippen LogP contribution in [0.1, 0.15) is 50.6 Å². The third-order valence-corrected chi connectivity index (χ3v) is 5.68. The van der Waals surface area contributed by atoms with Crippen molar-refractivity contribution in [2.45, 2.75) is 51.2 Å². The fourth-order valence-corrected chi connectivity index (χ4v) is 4.16. The van der Waals surface area contributed by atoms with Crippen LogP contribution in [0.5, 0.6) is 0 Å². The predicted octanol–water partition coefficient (Wildman–Crippen LogP) is 3.60. The molecule has 7 nitrogen and oxygen atoms in total. The van der Waals surface area contributed by atoms with Crippen LogP contribution in [0.15, 0.2) is 40.0 Å². The third-order valence-electron chi connectivity index (χ3n) is 4.96. The maximum absolute atomic E-state index is 13.1. The van der Waals surface area contributed by atoms with E-state index in [-0.39, 0.29) is 12.1 Å². The monoisotopic (exact) mass is 417 g/mol. The lowest BCUT2D eigenvalue weighted by atomic mass is 9.95. The SMILES string of the molecule is CC1=C(C(=O)OC2CCCCC2)C(c2ccccc2Br)n2nnnc2N1. The molecule has 0 bridgehead atoms. The first kappa shape index (κ1) is 17.2. The van der Waals surface area contributed by atoms with Crippen molar-refractivity contribution in [2.75, 3.05) is 5.32 Å². The second-order valence-electron chi connectivity index (χ2n) is 6.70. The van der Waals surface area contributed by atoms with Crippen molar-refractivity contribution < 1.29 is 9.53 Å². The Hall–Kier alpha value is -2.22. The average Bonchev–Trinajstić information content (AvgIpc) is 3.10. The lowest BCUT2D eigenvalue weighted by molar-refractivity contribution is -0.146. The molecule has 2 aromatic rings. The fraction of sp³-hybridized carbons (Fsp3) is 0.444. The number of nitrogens with zero attached hydrogens (tertiary/aromatic N) is 4. The minimum atomic E-state index is -0.437. The summed E-state index contributed by atoms with van der Waals surface area (Å²) in [5, 5.41) is 15.0. The molecule has 1 fully saturated rings. The summed E-state index contributed by atoms with van der Waals surface area (Å²) in [6.45, 7) is 1.86. The highest BCUT2D eigenvalue weighted by Crippen LogP contribution is 2.38. The van der Waals surface area contributed by atoms with Gasteiger partial charge in [0.1, 0.15) is 12.1 Å². The summed E-state index contributed by atoms with van der Waals surface area (Å²) in [6.07, 6.45) is 5.29. The average molecular weight is 418 g/mol. The number of esters is 1. The summed E-state index contributed by atoms with van der Waals surface area (Å²) in [5.41, 5.74) is 2.17. The van der Waals surface area contributed by atoms with E-state index in [0.717, 1.165) is 35.7 Å². The zero-order chi connectivity index (χ0) is 18.1. The van der Waals surface area contributed by atoms with Crippen LogP contribution < -0.4 is 5.32 Å². The number of rotatable bonds is 3. The fourth-order valence-electron chi connectivity index (χ4n) is 3.66. The van der Waals surface area contributed by atoms with Crippen LogP contribution in [0, 0.1) is 0 Å². The molecule has 1 unspecified atom stereocenters. The van der Waals surface area contributed by atoms with Crippen molar-refractivity contribution in [3.63, 3.8) is 0 Å². The van der Waals surface area contributed by atoms with Crippen molar-refractivity contribution in [1.82, 2.24) is 20.2 Å². The van der Waals surface area contributed by atoms with Gasteiger partial charge in [-0.3, -0.25) is 0 Å². The van der Waals surface area contributed by atoms with Crippen molar-refractivity contribution in [1.29, 1.82) is 0 Å². The quantitative estimate of drug-likeness (QED) is 0.768. The van der Waals surface area contributed by atoms with Crippen LogP contribution in [-0.4, -0.2) is 32.3 Å². The normalized spacial score (nSPS) is 20.5. The number of carbonyl (C=O) groups excluding carboxylic acids is 1. The van der Waals surface area contributed by atoms with Gasteiger partial charge in [0.25, 0.3) is 0 Å². The number of fused-ring (bicyclic) bond motifs is 1. The number of allylic oxidation sites excluding steroid dienone is 1. The van der Waals surface area contributed by atoms with Gasteiger partial charge in [0.15, 0.2) is 0 Å². The summed E-state index contributed by atoms with van der Waals surface area (Å²) in [4.78, 5) is 13.1. The number of halogens is 1. The zero-order valence-electron chi connectivity index (χ0n) is 14.5. The Morgan fingerprint density at radius 1 is 1.27 bits per heavy atom. The first-order valence-electron chi connectivity index (χ1n) is 8.86.